The third-order valence-electron chi connectivity index (χ3n) is 5.25. The van der Waals surface area contributed by atoms with Crippen molar-refractivity contribution in [2.75, 3.05) is 11.8 Å². The number of rotatable bonds is 7. The Morgan fingerprint density at radius 3 is 2.12 bits per heavy atom. The van der Waals surface area contributed by atoms with Crippen molar-refractivity contribution in [3.8, 4) is 0 Å². The normalized spacial score (nSPS) is 12.0. The molecular weight excluding hydrogens is 464 g/mol. The number of carbonyl (C=O) groups excluding carboxylic acids is 2. The Bertz CT molecular complexity index is 1340. The van der Waals surface area contributed by atoms with Gasteiger partial charge >= 0.3 is 0 Å². The maximum atomic E-state index is 13.6. The molecule has 0 fully saturated rings. The summed E-state index contributed by atoms with van der Waals surface area (Å²) in [6, 6.07) is 11.8. The molecule has 3 N–H and O–H groups in total. The summed E-state index contributed by atoms with van der Waals surface area (Å²) < 4.78 is 54.8. The van der Waals surface area contributed by atoms with Crippen LogP contribution >= 0.6 is 0 Å². The van der Waals surface area contributed by atoms with Crippen LogP contribution < -0.4 is 15.4 Å². The summed E-state index contributed by atoms with van der Waals surface area (Å²) in [5.41, 5.74) is 2.48. The molecule has 3 aromatic carbocycles. The first-order valence-electron chi connectivity index (χ1n) is 10.2. The molecule has 0 aliphatic carbocycles. The molecule has 3 rings (SSSR count). The molecule has 0 heterocycles. The second-order valence-electron chi connectivity index (χ2n) is 7.62. The topological polar surface area (TPSA) is 104 Å². The summed E-state index contributed by atoms with van der Waals surface area (Å²) in [4.78, 5) is 24.9. The molecule has 0 aliphatic heterocycles. The van der Waals surface area contributed by atoms with Gasteiger partial charge in [-0.15, -0.1) is 0 Å². The monoisotopic (exact) mass is 487 g/mol. The van der Waals surface area contributed by atoms with Crippen molar-refractivity contribution < 1.29 is 26.8 Å². The fraction of sp³-hybridized carbons (Fsp3) is 0.167. The van der Waals surface area contributed by atoms with E-state index in [-0.39, 0.29) is 16.0 Å². The predicted octanol–water partition coefficient (Wildman–Crippen LogP) is 3.60. The molecule has 34 heavy (non-hydrogen) atoms. The van der Waals surface area contributed by atoms with Crippen molar-refractivity contribution in [3.63, 3.8) is 0 Å². The molecule has 0 bridgehead atoms. The van der Waals surface area contributed by atoms with Gasteiger partial charge in [-0.3, -0.25) is 14.3 Å². The van der Waals surface area contributed by atoms with Gasteiger partial charge in [-0.05, 0) is 79.1 Å². The number of anilines is 1. The lowest BCUT2D eigenvalue weighted by molar-refractivity contribution is -0.122. The largest absolute Gasteiger partial charge is 0.357 e. The highest BCUT2D eigenvalue weighted by Crippen LogP contribution is 2.21. The Morgan fingerprint density at radius 1 is 0.853 bits per heavy atom. The highest BCUT2D eigenvalue weighted by molar-refractivity contribution is 7.92. The molecule has 2 amide bonds. The zero-order valence-electron chi connectivity index (χ0n) is 18.6. The minimum absolute atomic E-state index is 0.0448. The molecule has 3 aromatic rings. The van der Waals surface area contributed by atoms with Crippen LogP contribution in [-0.2, 0) is 14.8 Å². The SMILES string of the molecule is CNC(=O)C(NC(=O)c1ccc(S(=O)(=O)Nc2ccc(C)c(C)c2)cc1)c1ccc(F)c(F)c1. The van der Waals surface area contributed by atoms with Crippen LogP contribution in [0.25, 0.3) is 0 Å². The first kappa shape index (κ1) is 24.8. The molecular formula is C24H23F2N3O4S. The number of halogens is 2. The third kappa shape index (κ3) is 5.57. The fourth-order valence-electron chi connectivity index (χ4n) is 3.16. The van der Waals surface area contributed by atoms with Gasteiger partial charge < -0.3 is 10.6 Å². The number of hydrogen-bond acceptors (Lipinski definition) is 4. The van der Waals surface area contributed by atoms with E-state index in [9.17, 15) is 26.8 Å². The van der Waals surface area contributed by atoms with Crippen LogP contribution in [0.1, 0.15) is 33.1 Å². The zero-order valence-corrected chi connectivity index (χ0v) is 19.5. The van der Waals surface area contributed by atoms with Crippen LogP contribution in [0.5, 0.6) is 0 Å². The molecule has 0 spiro atoms. The Balaban J connectivity index is 1.79. The summed E-state index contributed by atoms with van der Waals surface area (Å²) in [6.45, 7) is 3.78. The molecule has 178 valence electrons. The second-order valence-corrected chi connectivity index (χ2v) is 9.31. The molecule has 0 saturated heterocycles. The van der Waals surface area contributed by atoms with Crippen LogP contribution in [-0.4, -0.2) is 27.3 Å². The molecule has 1 atom stereocenters. The van der Waals surface area contributed by atoms with E-state index in [4.69, 9.17) is 0 Å². The average molecular weight is 488 g/mol. The maximum Gasteiger partial charge on any atom is 0.261 e. The van der Waals surface area contributed by atoms with E-state index >= 15 is 0 Å². The first-order valence-corrected chi connectivity index (χ1v) is 11.7. The van der Waals surface area contributed by atoms with Crippen molar-refractivity contribution >= 4 is 27.5 Å². The molecule has 0 aromatic heterocycles. The van der Waals surface area contributed by atoms with Crippen molar-refractivity contribution in [1.29, 1.82) is 0 Å². The van der Waals surface area contributed by atoms with Crippen LogP contribution in [0.3, 0.4) is 0 Å². The number of benzene rings is 3. The molecule has 10 heteroatoms. The summed E-state index contributed by atoms with van der Waals surface area (Å²) in [5.74, 6) is -3.59. The van der Waals surface area contributed by atoms with E-state index in [1.54, 1.807) is 18.2 Å². The lowest BCUT2D eigenvalue weighted by Gasteiger charge is -2.18. The average Bonchev–Trinajstić information content (AvgIpc) is 2.81. The van der Waals surface area contributed by atoms with Crippen LogP contribution in [0, 0.1) is 25.5 Å². The highest BCUT2D eigenvalue weighted by Gasteiger charge is 2.24. The van der Waals surface area contributed by atoms with Gasteiger partial charge in [-0.2, -0.15) is 0 Å². The van der Waals surface area contributed by atoms with Gasteiger partial charge in [0.15, 0.2) is 11.6 Å². The quantitative estimate of drug-likeness (QED) is 0.474. The van der Waals surface area contributed by atoms with Crippen molar-refractivity contribution in [2.45, 2.75) is 24.8 Å². The van der Waals surface area contributed by atoms with E-state index in [2.05, 4.69) is 15.4 Å². The van der Waals surface area contributed by atoms with E-state index < -0.39 is 39.5 Å². The van der Waals surface area contributed by atoms with E-state index in [1.165, 1.54) is 37.4 Å². The summed E-state index contributed by atoms with van der Waals surface area (Å²) >= 11 is 0. The standard InChI is InChI=1S/C24H23F2N3O4S/c1-14-4-8-18(12-15(14)2)29-34(32,33)19-9-5-16(6-10-19)23(30)28-22(24(31)27-3)17-7-11-20(25)21(26)13-17/h4-13,22,29H,1-3H3,(H,27,31)(H,28,30). The minimum Gasteiger partial charge on any atom is -0.357 e. The Kier molecular flexibility index (Phi) is 7.31. The van der Waals surface area contributed by atoms with E-state index in [0.717, 1.165) is 23.3 Å². The fourth-order valence-corrected chi connectivity index (χ4v) is 4.20. The summed E-state index contributed by atoms with van der Waals surface area (Å²) in [6.07, 6.45) is 0. The summed E-state index contributed by atoms with van der Waals surface area (Å²) in [7, 11) is -2.56. The van der Waals surface area contributed by atoms with Gasteiger partial charge in [0, 0.05) is 18.3 Å². The molecule has 1 unspecified atom stereocenters. The number of hydrogen-bond donors (Lipinski definition) is 3. The van der Waals surface area contributed by atoms with Gasteiger partial charge in [0.1, 0.15) is 6.04 Å². The van der Waals surface area contributed by atoms with E-state index in [1.807, 2.05) is 13.8 Å². The predicted molar refractivity (Wildman–Crippen MR) is 124 cm³/mol. The highest BCUT2D eigenvalue weighted by atomic mass is 32.2. The first-order chi connectivity index (χ1) is 16.0. The van der Waals surface area contributed by atoms with Crippen LogP contribution in [0.2, 0.25) is 0 Å². The number of amides is 2. The molecule has 0 saturated carbocycles. The Labute approximate surface area is 196 Å². The van der Waals surface area contributed by atoms with Crippen LogP contribution in [0.15, 0.2) is 65.6 Å². The van der Waals surface area contributed by atoms with Gasteiger partial charge in [-0.25, -0.2) is 17.2 Å². The number of sulfonamides is 1. The molecule has 0 radical (unpaired) electrons. The van der Waals surface area contributed by atoms with E-state index in [0.29, 0.717) is 5.69 Å². The second kappa shape index (κ2) is 10.0. The number of nitrogens with one attached hydrogen (secondary N) is 3. The lowest BCUT2D eigenvalue weighted by atomic mass is 10.0. The Morgan fingerprint density at radius 2 is 1.53 bits per heavy atom. The lowest BCUT2D eigenvalue weighted by Crippen LogP contribution is -2.39. The van der Waals surface area contributed by atoms with Gasteiger partial charge in [-0.1, -0.05) is 12.1 Å². The third-order valence-corrected chi connectivity index (χ3v) is 6.64. The number of carbonyl (C=O) groups is 2. The van der Waals surface area contributed by atoms with Crippen molar-refractivity contribution in [1.82, 2.24) is 10.6 Å². The van der Waals surface area contributed by atoms with Crippen molar-refractivity contribution in [2.24, 2.45) is 0 Å². The maximum absolute atomic E-state index is 13.6. The van der Waals surface area contributed by atoms with Crippen molar-refractivity contribution in [3.05, 3.63) is 94.6 Å². The Hall–Kier alpha value is -3.79. The van der Waals surface area contributed by atoms with Crippen LogP contribution in [0.4, 0.5) is 14.5 Å². The molecule has 0 aliphatic rings. The number of likely N-dealkylation sites (N-methyl/N-ethyl adjacent to an activating group) is 1. The zero-order chi connectivity index (χ0) is 25.0. The van der Waals surface area contributed by atoms with Gasteiger partial charge in [0.05, 0.1) is 4.90 Å². The minimum atomic E-state index is -3.90. The molecule has 7 nitrogen and oxygen atoms in total. The summed E-state index contributed by atoms with van der Waals surface area (Å²) in [5, 5.41) is 4.81. The smallest absolute Gasteiger partial charge is 0.261 e. The van der Waals surface area contributed by atoms with Gasteiger partial charge in [0.25, 0.3) is 15.9 Å². The number of aryl methyl sites for hydroxylation is 2. The van der Waals surface area contributed by atoms with Gasteiger partial charge in [0.2, 0.25) is 5.91 Å².